The first kappa shape index (κ1) is 30.0. The molecule has 11 nitrogen and oxygen atoms in total. The van der Waals surface area contributed by atoms with Gasteiger partial charge in [-0.05, 0) is 49.2 Å². The maximum Gasteiger partial charge on any atom is 0.249 e. The van der Waals surface area contributed by atoms with Crippen molar-refractivity contribution in [1.82, 2.24) is 10.2 Å². The van der Waals surface area contributed by atoms with E-state index in [1.54, 1.807) is 26.2 Å². The molecule has 0 radical (unpaired) electrons. The van der Waals surface area contributed by atoms with Crippen molar-refractivity contribution in [3.8, 4) is 17.2 Å². The first-order chi connectivity index (χ1) is 19.9. The molecular formula is C30H36N2O9. The van der Waals surface area contributed by atoms with Gasteiger partial charge < -0.3 is 39.4 Å². The highest BCUT2D eigenvalue weighted by Crippen LogP contribution is 2.51. The Morgan fingerprint density at radius 2 is 1.98 bits per heavy atom. The number of nitrogens with zero attached hydrogens (tertiary/aromatic N) is 1. The first-order valence-electron chi connectivity index (χ1n) is 13.5. The zero-order valence-electron chi connectivity index (χ0n) is 23.4. The minimum Gasteiger partial charge on any atom is -0.497 e. The second-order valence-electron chi connectivity index (χ2n) is 9.73. The Hall–Kier alpha value is -3.93. The number of ether oxygens (including phenoxy) is 4. The van der Waals surface area contributed by atoms with Gasteiger partial charge >= 0.3 is 0 Å². The molecule has 2 aromatic rings. The Morgan fingerprint density at radius 1 is 1.17 bits per heavy atom. The average molecular weight is 569 g/mol. The van der Waals surface area contributed by atoms with Crippen LogP contribution < -0.4 is 19.5 Å². The van der Waals surface area contributed by atoms with Crippen molar-refractivity contribution in [2.24, 2.45) is 0 Å². The smallest absolute Gasteiger partial charge is 0.249 e. The summed E-state index contributed by atoms with van der Waals surface area (Å²) in [6.45, 7) is 1.86. The number of amides is 2. The molecule has 1 heterocycles. The fourth-order valence-corrected chi connectivity index (χ4v) is 5.35. The molecule has 0 bridgehead atoms. The molecular weight excluding hydrogens is 532 g/mol. The highest BCUT2D eigenvalue weighted by atomic mass is 16.5. The van der Waals surface area contributed by atoms with Gasteiger partial charge in [-0.25, -0.2) is 0 Å². The van der Waals surface area contributed by atoms with Gasteiger partial charge in [0.05, 0.1) is 32.8 Å². The maximum absolute atomic E-state index is 13.4. The van der Waals surface area contributed by atoms with E-state index < -0.39 is 30.1 Å². The van der Waals surface area contributed by atoms with Crippen LogP contribution in [0.3, 0.4) is 0 Å². The summed E-state index contributed by atoms with van der Waals surface area (Å²) in [5.41, 5.74) is 2.01. The Kier molecular flexibility index (Phi) is 9.98. The largest absolute Gasteiger partial charge is 0.497 e. The molecule has 4 rings (SSSR count). The molecule has 4 unspecified atom stereocenters. The van der Waals surface area contributed by atoms with Crippen LogP contribution in [0, 0.1) is 0 Å². The number of aliphatic hydroxyl groups excluding tert-OH is 2. The summed E-state index contributed by atoms with van der Waals surface area (Å²) in [4.78, 5) is 40.0. The summed E-state index contributed by atoms with van der Waals surface area (Å²) in [6.07, 6.45) is 0.503. The van der Waals surface area contributed by atoms with E-state index in [1.807, 2.05) is 24.3 Å². The lowest BCUT2D eigenvalue weighted by atomic mass is 9.77. The highest BCUT2D eigenvalue weighted by molar-refractivity contribution is 5.96. The van der Waals surface area contributed by atoms with Crippen molar-refractivity contribution in [2.45, 2.75) is 37.5 Å². The first-order valence-corrected chi connectivity index (χ1v) is 13.5. The minimum absolute atomic E-state index is 0.00895. The summed E-state index contributed by atoms with van der Waals surface area (Å²) >= 11 is 0. The molecule has 2 aromatic carbocycles. The molecule has 2 aliphatic rings. The van der Waals surface area contributed by atoms with E-state index in [0.29, 0.717) is 47.7 Å². The number of carbonyl (C=O) groups excluding carboxylic acids is 3. The number of carbonyl (C=O) groups is 3. The molecule has 0 saturated carbocycles. The molecule has 4 atom stereocenters. The Morgan fingerprint density at radius 3 is 2.66 bits per heavy atom. The number of hydrogen-bond acceptors (Lipinski definition) is 9. The van der Waals surface area contributed by atoms with Gasteiger partial charge in [0, 0.05) is 36.4 Å². The topological polar surface area (TPSA) is 144 Å². The molecule has 0 spiro atoms. The summed E-state index contributed by atoms with van der Waals surface area (Å²) in [5, 5.41) is 23.7. The van der Waals surface area contributed by atoms with Crippen LogP contribution in [-0.2, 0) is 20.7 Å². The van der Waals surface area contributed by atoms with Crippen LogP contribution in [0.4, 0.5) is 0 Å². The predicted molar refractivity (Wildman–Crippen MR) is 148 cm³/mol. The van der Waals surface area contributed by atoms with Gasteiger partial charge in [-0.2, -0.15) is 0 Å². The van der Waals surface area contributed by atoms with E-state index in [2.05, 4.69) is 5.32 Å². The second-order valence-corrected chi connectivity index (χ2v) is 9.73. The Bertz CT molecular complexity index is 1290. The fraction of sp³-hybridized carbons (Fsp3) is 0.433. The van der Waals surface area contributed by atoms with E-state index in [4.69, 9.17) is 18.9 Å². The zero-order chi connectivity index (χ0) is 29.5. The molecule has 0 aromatic heterocycles. The monoisotopic (exact) mass is 568 g/mol. The van der Waals surface area contributed by atoms with E-state index >= 15 is 0 Å². The van der Waals surface area contributed by atoms with Crippen molar-refractivity contribution in [3.63, 3.8) is 0 Å². The third-order valence-electron chi connectivity index (χ3n) is 7.30. The lowest BCUT2D eigenvalue weighted by Crippen LogP contribution is -2.56. The van der Waals surface area contributed by atoms with Crippen LogP contribution >= 0.6 is 0 Å². The lowest BCUT2D eigenvalue weighted by molar-refractivity contribution is -0.141. The quantitative estimate of drug-likeness (QED) is 0.304. The van der Waals surface area contributed by atoms with Gasteiger partial charge in [-0.1, -0.05) is 12.1 Å². The van der Waals surface area contributed by atoms with Gasteiger partial charge in [0.25, 0.3) is 0 Å². The van der Waals surface area contributed by atoms with Crippen molar-refractivity contribution in [3.05, 3.63) is 64.7 Å². The van der Waals surface area contributed by atoms with Gasteiger partial charge in [-0.3, -0.25) is 14.4 Å². The van der Waals surface area contributed by atoms with Crippen molar-refractivity contribution >= 4 is 18.1 Å². The zero-order valence-corrected chi connectivity index (χ0v) is 23.4. The van der Waals surface area contributed by atoms with Crippen LogP contribution in [0.2, 0.25) is 0 Å². The van der Waals surface area contributed by atoms with E-state index in [1.165, 1.54) is 18.1 Å². The van der Waals surface area contributed by atoms with E-state index in [9.17, 15) is 24.6 Å². The molecule has 1 aliphatic carbocycles. The summed E-state index contributed by atoms with van der Waals surface area (Å²) in [6, 6.07) is 9.66. The maximum atomic E-state index is 13.4. The number of aldehydes is 1. The van der Waals surface area contributed by atoms with Crippen LogP contribution in [0.5, 0.6) is 17.2 Å². The van der Waals surface area contributed by atoms with Crippen LogP contribution in [0.25, 0.3) is 0 Å². The normalized spacial score (nSPS) is 20.7. The third kappa shape index (κ3) is 6.37. The molecule has 220 valence electrons. The van der Waals surface area contributed by atoms with Gasteiger partial charge in [0.1, 0.15) is 30.9 Å². The number of nitrogens with one attached hydrogen (secondary N) is 1. The van der Waals surface area contributed by atoms with Gasteiger partial charge in [0.15, 0.2) is 11.5 Å². The van der Waals surface area contributed by atoms with Crippen molar-refractivity contribution < 1.29 is 43.5 Å². The van der Waals surface area contributed by atoms with Crippen LogP contribution in [0.1, 0.15) is 34.3 Å². The number of methoxy groups -OCH3 is 2. The molecule has 41 heavy (non-hydrogen) atoms. The number of benzene rings is 2. The molecule has 3 N–H and O–H groups in total. The second kappa shape index (κ2) is 13.6. The SMILES string of the molecule is CCOCC(=O)N(CCc1cccc(OC)c1)C1C=C(C(=O)NCCO)C2c3cc(C=O)cc(OC)c3OC2C1O. The summed E-state index contributed by atoms with van der Waals surface area (Å²) in [7, 11) is 3.01. The number of rotatable bonds is 13. The summed E-state index contributed by atoms with van der Waals surface area (Å²) in [5.74, 6) is -0.301. The summed E-state index contributed by atoms with van der Waals surface area (Å²) < 4.78 is 22.4. The molecule has 1 aliphatic heterocycles. The number of aliphatic hydroxyl groups is 2. The molecule has 0 fully saturated rings. The fourth-order valence-electron chi connectivity index (χ4n) is 5.35. The van der Waals surface area contributed by atoms with Gasteiger partial charge in [0.2, 0.25) is 11.8 Å². The van der Waals surface area contributed by atoms with Crippen molar-refractivity contribution in [1.29, 1.82) is 0 Å². The predicted octanol–water partition coefficient (Wildman–Crippen LogP) is 1.25. The number of fused-ring (bicyclic) bond motifs is 3. The van der Waals surface area contributed by atoms with E-state index in [-0.39, 0.29) is 37.8 Å². The lowest BCUT2D eigenvalue weighted by Gasteiger charge is -2.40. The Labute approximate surface area is 238 Å². The Balaban J connectivity index is 1.75. The average Bonchev–Trinajstić information content (AvgIpc) is 3.39. The highest BCUT2D eigenvalue weighted by Gasteiger charge is 2.51. The standard InChI is InChI=1S/C30H36N2O9/c1-4-40-17-25(35)32(10-8-18-6-5-7-20(12-18)38-2)23-15-22(30(37)31-9-11-33)26-21-13-19(16-34)14-24(39-3)28(21)41-29(26)27(23)36/h5-7,12-16,23,26-27,29,33,36H,4,8-11,17H2,1-3H3,(H,31,37). The minimum atomic E-state index is -1.23. The van der Waals surface area contributed by atoms with Gasteiger partial charge in [-0.15, -0.1) is 0 Å². The third-order valence-corrected chi connectivity index (χ3v) is 7.30. The molecule has 11 heteroatoms. The van der Waals surface area contributed by atoms with Crippen LogP contribution in [0.15, 0.2) is 48.0 Å². The van der Waals surface area contributed by atoms with E-state index in [0.717, 1.165) is 5.56 Å². The van der Waals surface area contributed by atoms with Crippen LogP contribution in [-0.4, -0.2) is 98.6 Å². The number of hydrogen-bond donors (Lipinski definition) is 3. The molecule has 2 amide bonds. The molecule has 0 saturated heterocycles. The van der Waals surface area contributed by atoms with Crippen molar-refractivity contribution in [2.75, 3.05) is 47.1 Å².